The number of nitrogens with zero attached hydrogens (tertiary/aromatic N) is 2. The molecule has 0 aromatic heterocycles. The van der Waals surface area contributed by atoms with Crippen molar-refractivity contribution in [3.8, 4) is 0 Å². The maximum atomic E-state index is 15.2. The second-order valence-electron chi connectivity index (χ2n) is 10.4. The van der Waals surface area contributed by atoms with Crippen molar-refractivity contribution in [3.05, 3.63) is 131 Å². The summed E-state index contributed by atoms with van der Waals surface area (Å²) in [5.74, 6) is -1.90. The molecule has 0 fully saturated rings. The fraction of sp³-hybridized carbons (Fsp3) is 0.235. The van der Waals surface area contributed by atoms with Crippen molar-refractivity contribution in [2.45, 2.75) is 44.2 Å². The molecule has 2 amide bonds. The summed E-state index contributed by atoms with van der Waals surface area (Å²) < 4.78 is 43.9. The van der Waals surface area contributed by atoms with Crippen LogP contribution < -0.4 is 9.62 Å². The third-order valence-corrected chi connectivity index (χ3v) is 9.27. The number of carbonyl (C=O) groups excluding carboxylic acids is 2. The minimum absolute atomic E-state index is 0.0781. The lowest BCUT2D eigenvalue weighted by Crippen LogP contribution is -2.53. The second-order valence-corrected chi connectivity index (χ2v) is 12.7. The predicted octanol–water partition coefficient (Wildman–Crippen LogP) is 6.15. The van der Waals surface area contributed by atoms with E-state index in [0.717, 1.165) is 21.5 Å². The summed E-state index contributed by atoms with van der Waals surface area (Å²) in [6.45, 7) is 3.29. The molecular formula is C34H35ClFN3O4S. The Morgan fingerprint density at radius 3 is 2.18 bits per heavy atom. The van der Waals surface area contributed by atoms with Crippen LogP contribution in [0.25, 0.3) is 0 Å². The molecule has 0 bridgehead atoms. The van der Waals surface area contributed by atoms with Gasteiger partial charge in [-0.15, -0.1) is 0 Å². The van der Waals surface area contributed by atoms with E-state index >= 15 is 4.39 Å². The molecule has 1 N–H and O–H groups in total. The van der Waals surface area contributed by atoms with Gasteiger partial charge in [-0.25, -0.2) is 12.8 Å². The topological polar surface area (TPSA) is 86.8 Å². The van der Waals surface area contributed by atoms with Gasteiger partial charge < -0.3 is 10.2 Å². The van der Waals surface area contributed by atoms with E-state index in [2.05, 4.69) is 5.32 Å². The minimum Gasteiger partial charge on any atom is -0.354 e. The highest BCUT2D eigenvalue weighted by molar-refractivity contribution is 7.92. The number of rotatable bonds is 13. The van der Waals surface area contributed by atoms with E-state index in [4.69, 9.17) is 11.6 Å². The van der Waals surface area contributed by atoms with Gasteiger partial charge in [0.1, 0.15) is 18.4 Å². The lowest BCUT2D eigenvalue weighted by atomic mass is 10.0. The number of para-hydroxylation sites is 1. The van der Waals surface area contributed by atoms with Crippen LogP contribution in [-0.4, -0.2) is 44.3 Å². The monoisotopic (exact) mass is 635 g/mol. The van der Waals surface area contributed by atoms with Gasteiger partial charge in [0.25, 0.3) is 10.0 Å². The molecule has 0 radical (unpaired) electrons. The van der Waals surface area contributed by atoms with E-state index in [9.17, 15) is 18.0 Å². The summed E-state index contributed by atoms with van der Waals surface area (Å²) in [7, 11) is -4.40. The van der Waals surface area contributed by atoms with Gasteiger partial charge >= 0.3 is 0 Å². The van der Waals surface area contributed by atoms with Gasteiger partial charge in [-0.3, -0.25) is 13.9 Å². The maximum absolute atomic E-state index is 15.2. The van der Waals surface area contributed by atoms with E-state index in [1.54, 1.807) is 36.4 Å². The Kier molecular flexibility index (Phi) is 11.1. The van der Waals surface area contributed by atoms with Crippen LogP contribution in [0.15, 0.2) is 108 Å². The Balaban J connectivity index is 1.81. The van der Waals surface area contributed by atoms with Crippen LogP contribution in [0, 0.1) is 12.7 Å². The Labute approximate surface area is 263 Å². The molecule has 4 aromatic rings. The zero-order chi connectivity index (χ0) is 31.7. The molecule has 230 valence electrons. The van der Waals surface area contributed by atoms with Crippen molar-refractivity contribution in [1.29, 1.82) is 0 Å². The number of hydrogen-bond acceptors (Lipinski definition) is 4. The molecule has 0 saturated heterocycles. The number of benzene rings is 4. The number of anilines is 1. The van der Waals surface area contributed by atoms with Crippen LogP contribution in [0.3, 0.4) is 0 Å². The third-order valence-electron chi connectivity index (χ3n) is 7.13. The van der Waals surface area contributed by atoms with E-state index in [-0.39, 0.29) is 23.5 Å². The summed E-state index contributed by atoms with van der Waals surface area (Å²) in [5, 5.41) is 3.27. The van der Waals surface area contributed by atoms with Crippen molar-refractivity contribution in [1.82, 2.24) is 10.2 Å². The number of amides is 2. The standard InChI is InChI=1S/C34H35ClFN3O4S/c1-3-21-37-34(41)32(22-26-11-5-4-6-12-26)38(23-27-13-7-8-14-29(27)35)33(40)24-39(31-16-10-9-15-30(31)36)44(42,43)28-19-17-25(2)18-20-28/h4-20,32H,3,21-24H2,1-2H3,(H,37,41)/t32-/m0/s1. The van der Waals surface area contributed by atoms with Gasteiger partial charge in [0.05, 0.1) is 10.6 Å². The third kappa shape index (κ3) is 8.03. The summed E-state index contributed by atoms with van der Waals surface area (Å²) >= 11 is 6.49. The van der Waals surface area contributed by atoms with Crippen molar-refractivity contribution >= 4 is 39.1 Å². The molecule has 4 rings (SSSR count). The molecule has 10 heteroatoms. The van der Waals surface area contributed by atoms with Crippen LogP contribution >= 0.6 is 11.6 Å². The fourth-order valence-corrected chi connectivity index (χ4v) is 6.35. The number of sulfonamides is 1. The lowest BCUT2D eigenvalue weighted by molar-refractivity contribution is -0.140. The number of halogens is 2. The van der Waals surface area contributed by atoms with Gasteiger partial charge in [-0.05, 0) is 54.8 Å². The first-order chi connectivity index (χ1) is 21.1. The highest BCUT2D eigenvalue weighted by atomic mass is 35.5. The molecule has 0 aliphatic carbocycles. The molecule has 7 nitrogen and oxygen atoms in total. The van der Waals surface area contributed by atoms with Crippen molar-refractivity contribution in [2.75, 3.05) is 17.4 Å². The van der Waals surface area contributed by atoms with E-state index in [1.807, 2.05) is 44.2 Å². The molecule has 1 atom stereocenters. The van der Waals surface area contributed by atoms with Crippen LogP contribution in [0.2, 0.25) is 5.02 Å². The zero-order valence-corrected chi connectivity index (χ0v) is 26.2. The van der Waals surface area contributed by atoms with E-state index in [1.165, 1.54) is 35.2 Å². The number of carbonyl (C=O) groups is 2. The van der Waals surface area contributed by atoms with Crippen molar-refractivity contribution in [3.63, 3.8) is 0 Å². The highest BCUT2D eigenvalue weighted by Crippen LogP contribution is 2.28. The van der Waals surface area contributed by atoms with Gasteiger partial charge in [-0.2, -0.15) is 0 Å². The van der Waals surface area contributed by atoms with Gasteiger partial charge in [0.15, 0.2) is 0 Å². The van der Waals surface area contributed by atoms with Crippen LogP contribution in [-0.2, 0) is 32.6 Å². The fourth-order valence-electron chi connectivity index (χ4n) is 4.73. The molecule has 0 saturated carbocycles. The number of hydrogen-bond donors (Lipinski definition) is 1. The second kappa shape index (κ2) is 15.0. The van der Waals surface area contributed by atoms with Gasteiger partial charge in [0.2, 0.25) is 11.8 Å². The smallest absolute Gasteiger partial charge is 0.264 e. The average Bonchev–Trinajstić information content (AvgIpc) is 3.02. The van der Waals surface area contributed by atoms with Crippen molar-refractivity contribution in [2.24, 2.45) is 0 Å². The van der Waals surface area contributed by atoms with Gasteiger partial charge in [-0.1, -0.05) is 96.9 Å². The average molecular weight is 636 g/mol. The van der Waals surface area contributed by atoms with Crippen molar-refractivity contribution < 1.29 is 22.4 Å². The van der Waals surface area contributed by atoms with Crippen LogP contribution in [0.4, 0.5) is 10.1 Å². The Bertz CT molecular complexity index is 1680. The van der Waals surface area contributed by atoms with Gasteiger partial charge in [0, 0.05) is 24.5 Å². The van der Waals surface area contributed by atoms with Crippen LogP contribution in [0.5, 0.6) is 0 Å². The first kappa shape index (κ1) is 32.7. The predicted molar refractivity (Wildman–Crippen MR) is 171 cm³/mol. The molecule has 0 heterocycles. The lowest BCUT2D eigenvalue weighted by Gasteiger charge is -2.34. The Hall–Kier alpha value is -4.21. The summed E-state index contributed by atoms with van der Waals surface area (Å²) in [5.41, 5.74) is 1.93. The quantitative estimate of drug-likeness (QED) is 0.191. The summed E-state index contributed by atoms with van der Waals surface area (Å²) in [4.78, 5) is 29.3. The van der Waals surface area contributed by atoms with Crippen LogP contribution in [0.1, 0.15) is 30.0 Å². The largest absolute Gasteiger partial charge is 0.354 e. The molecule has 0 unspecified atom stereocenters. The number of nitrogens with one attached hydrogen (secondary N) is 1. The number of aryl methyl sites for hydroxylation is 1. The maximum Gasteiger partial charge on any atom is 0.264 e. The molecule has 0 spiro atoms. The van der Waals surface area contributed by atoms with E-state index < -0.39 is 40.2 Å². The summed E-state index contributed by atoms with van der Waals surface area (Å²) in [6.07, 6.45) is 0.842. The first-order valence-corrected chi connectivity index (χ1v) is 16.1. The molecule has 0 aliphatic rings. The molecular weight excluding hydrogens is 601 g/mol. The zero-order valence-electron chi connectivity index (χ0n) is 24.6. The normalized spacial score (nSPS) is 11.9. The minimum atomic E-state index is -4.40. The Morgan fingerprint density at radius 2 is 1.52 bits per heavy atom. The first-order valence-electron chi connectivity index (χ1n) is 14.3. The summed E-state index contributed by atoms with van der Waals surface area (Å²) in [6, 6.07) is 26.6. The molecule has 0 aliphatic heterocycles. The molecule has 4 aromatic carbocycles. The van der Waals surface area contributed by atoms with E-state index in [0.29, 0.717) is 23.6 Å². The Morgan fingerprint density at radius 1 is 0.886 bits per heavy atom. The molecule has 44 heavy (non-hydrogen) atoms. The SMILES string of the molecule is CCCNC(=O)[C@H](Cc1ccccc1)N(Cc1ccccc1Cl)C(=O)CN(c1ccccc1F)S(=O)(=O)c1ccc(C)cc1. The highest BCUT2D eigenvalue weighted by Gasteiger charge is 2.35.